The van der Waals surface area contributed by atoms with Crippen LogP contribution >= 0.6 is 36.2 Å². The number of piperidine rings is 1. The molecule has 150 valence electrons. The molecule has 1 aromatic heterocycles. The number of carbonyl (C=O) groups excluding carboxylic acids is 1. The normalized spacial score (nSPS) is 19.6. The van der Waals surface area contributed by atoms with Gasteiger partial charge in [-0.3, -0.25) is 9.69 Å². The minimum absolute atomic E-state index is 0. The molecule has 1 aliphatic rings. The lowest BCUT2D eigenvalue weighted by molar-refractivity contribution is 0.0862. The summed E-state index contributed by atoms with van der Waals surface area (Å²) in [5.74, 6) is -0.0618. The topological polar surface area (TPSA) is 71.2 Å². The Bertz CT molecular complexity index is 698. The number of benzene rings is 1. The monoisotopic (exact) mass is 430 g/mol. The van der Waals surface area contributed by atoms with E-state index in [0.29, 0.717) is 18.3 Å². The largest absolute Gasteiger partial charge is 0.348 e. The van der Waals surface area contributed by atoms with E-state index in [1.54, 1.807) is 0 Å². The first-order valence-electron chi connectivity index (χ1n) is 8.89. The Labute approximate surface area is 177 Å². The average molecular weight is 431 g/mol. The van der Waals surface area contributed by atoms with Gasteiger partial charge in [0.15, 0.2) is 0 Å². The van der Waals surface area contributed by atoms with Crippen LogP contribution in [0.1, 0.15) is 40.8 Å². The third-order valence-electron chi connectivity index (χ3n) is 4.72. The smallest absolute Gasteiger partial charge is 0.270 e. The van der Waals surface area contributed by atoms with E-state index >= 15 is 0 Å². The van der Waals surface area contributed by atoms with Gasteiger partial charge in [0.05, 0.1) is 5.01 Å². The maximum atomic E-state index is 12.4. The third kappa shape index (κ3) is 6.73. The molecule has 2 unspecified atom stereocenters. The lowest BCUT2D eigenvalue weighted by Gasteiger charge is -2.38. The number of aromatic nitrogens is 1. The van der Waals surface area contributed by atoms with Gasteiger partial charge in [0.2, 0.25) is 0 Å². The van der Waals surface area contributed by atoms with E-state index in [0.717, 1.165) is 37.4 Å². The zero-order valence-corrected chi connectivity index (χ0v) is 17.9. The number of amides is 1. The first-order valence-corrected chi connectivity index (χ1v) is 9.77. The van der Waals surface area contributed by atoms with E-state index in [2.05, 4.69) is 46.4 Å². The Kier molecular flexibility index (Phi) is 10.3. The fourth-order valence-corrected chi connectivity index (χ4v) is 4.11. The van der Waals surface area contributed by atoms with Crippen molar-refractivity contribution in [1.29, 1.82) is 0 Å². The molecule has 8 heteroatoms. The quantitative estimate of drug-likeness (QED) is 0.737. The summed E-state index contributed by atoms with van der Waals surface area (Å²) in [6.45, 7) is 4.77. The summed E-state index contributed by atoms with van der Waals surface area (Å²) in [5.41, 5.74) is 7.40. The summed E-state index contributed by atoms with van der Waals surface area (Å²) in [4.78, 5) is 19.3. The molecule has 5 nitrogen and oxygen atoms in total. The van der Waals surface area contributed by atoms with Gasteiger partial charge < -0.3 is 11.1 Å². The van der Waals surface area contributed by atoms with E-state index in [1.165, 1.54) is 16.9 Å². The number of hydrogen-bond acceptors (Lipinski definition) is 5. The minimum atomic E-state index is -0.0618. The maximum Gasteiger partial charge on any atom is 0.270 e. The molecular weight excluding hydrogens is 403 g/mol. The standard InChI is InChI=1S/C19H26N4OS.2ClH/c1-14-11-16(8-10-23(14)12-15-5-3-2-4-6-15)21-19(24)17-13-25-18(22-17)7-9-20;;/h2-6,13-14,16H,7-12,20H2,1H3,(H,21,24);2*1H. The predicted molar refractivity (Wildman–Crippen MR) is 116 cm³/mol. The molecule has 2 heterocycles. The molecule has 2 aromatic rings. The number of nitrogens with one attached hydrogen (secondary N) is 1. The SMILES string of the molecule is CC1CC(NC(=O)c2csc(CCN)n2)CCN1Cc1ccccc1.Cl.Cl. The zero-order valence-electron chi connectivity index (χ0n) is 15.5. The van der Waals surface area contributed by atoms with Gasteiger partial charge in [-0.15, -0.1) is 36.2 Å². The highest BCUT2D eigenvalue weighted by Gasteiger charge is 2.27. The van der Waals surface area contributed by atoms with E-state index in [-0.39, 0.29) is 36.8 Å². The number of likely N-dealkylation sites (tertiary alicyclic amines) is 1. The molecule has 0 radical (unpaired) electrons. The van der Waals surface area contributed by atoms with Crippen LogP contribution in [0.2, 0.25) is 0 Å². The molecule has 1 amide bonds. The summed E-state index contributed by atoms with van der Waals surface area (Å²) >= 11 is 1.51. The number of nitrogens with zero attached hydrogens (tertiary/aromatic N) is 2. The van der Waals surface area contributed by atoms with Crippen LogP contribution in [0.15, 0.2) is 35.7 Å². The Morgan fingerprint density at radius 1 is 1.33 bits per heavy atom. The van der Waals surface area contributed by atoms with Crippen molar-refractivity contribution < 1.29 is 4.79 Å². The van der Waals surface area contributed by atoms with Gasteiger partial charge in [-0.2, -0.15) is 0 Å². The molecule has 3 rings (SSSR count). The van der Waals surface area contributed by atoms with Crippen LogP contribution in [0.3, 0.4) is 0 Å². The Hall–Kier alpha value is -1.18. The Balaban J connectivity index is 0.00000182. The van der Waals surface area contributed by atoms with Crippen molar-refractivity contribution in [3.8, 4) is 0 Å². The molecule has 1 aromatic carbocycles. The fraction of sp³-hybridized carbons (Fsp3) is 0.474. The fourth-order valence-electron chi connectivity index (χ4n) is 3.32. The third-order valence-corrected chi connectivity index (χ3v) is 5.63. The summed E-state index contributed by atoms with van der Waals surface area (Å²) in [6, 6.07) is 11.2. The van der Waals surface area contributed by atoms with Crippen molar-refractivity contribution in [3.05, 3.63) is 52.0 Å². The van der Waals surface area contributed by atoms with Crippen molar-refractivity contribution in [2.24, 2.45) is 5.73 Å². The number of rotatable bonds is 6. The molecule has 0 saturated carbocycles. The number of thiazole rings is 1. The van der Waals surface area contributed by atoms with Crippen LogP contribution in [0, 0.1) is 0 Å². The van der Waals surface area contributed by atoms with Gasteiger partial charge in [0.1, 0.15) is 5.69 Å². The highest BCUT2D eigenvalue weighted by Crippen LogP contribution is 2.20. The predicted octanol–water partition coefficient (Wildman–Crippen LogP) is 3.27. The van der Waals surface area contributed by atoms with Crippen LogP contribution in [-0.2, 0) is 13.0 Å². The van der Waals surface area contributed by atoms with Gasteiger partial charge in [-0.25, -0.2) is 4.98 Å². The highest BCUT2D eigenvalue weighted by molar-refractivity contribution is 7.09. The average Bonchev–Trinajstić information content (AvgIpc) is 3.07. The van der Waals surface area contributed by atoms with E-state index in [1.807, 2.05) is 11.4 Å². The summed E-state index contributed by atoms with van der Waals surface area (Å²) in [6.07, 6.45) is 2.67. The molecule has 2 atom stereocenters. The van der Waals surface area contributed by atoms with Crippen molar-refractivity contribution in [1.82, 2.24) is 15.2 Å². The van der Waals surface area contributed by atoms with Crippen molar-refractivity contribution in [2.45, 2.75) is 44.8 Å². The van der Waals surface area contributed by atoms with Gasteiger partial charge in [0, 0.05) is 37.0 Å². The van der Waals surface area contributed by atoms with Crippen molar-refractivity contribution in [2.75, 3.05) is 13.1 Å². The van der Waals surface area contributed by atoms with Gasteiger partial charge in [-0.05, 0) is 31.9 Å². The summed E-state index contributed by atoms with van der Waals surface area (Å²) in [5, 5.41) is 5.91. The summed E-state index contributed by atoms with van der Waals surface area (Å²) < 4.78 is 0. The first kappa shape index (κ1) is 23.9. The second kappa shape index (κ2) is 11.6. The number of halogens is 2. The van der Waals surface area contributed by atoms with E-state index in [4.69, 9.17) is 5.73 Å². The number of nitrogens with two attached hydrogens (primary N) is 1. The first-order chi connectivity index (χ1) is 12.2. The molecular formula is C19H28Cl2N4OS. The molecule has 3 N–H and O–H groups in total. The van der Waals surface area contributed by atoms with Gasteiger partial charge in [-0.1, -0.05) is 30.3 Å². The number of hydrogen-bond donors (Lipinski definition) is 2. The zero-order chi connectivity index (χ0) is 17.6. The Morgan fingerprint density at radius 3 is 2.74 bits per heavy atom. The highest BCUT2D eigenvalue weighted by atomic mass is 35.5. The lowest BCUT2D eigenvalue weighted by atomic mass is 9.97. The van der Waals surface area contributed by atoms with Crippen LogP contribution in [0.5, 0.6) is 0 Å². The van der Waals surface area contributed by atoms with Crippen LogP contribution in [-0.4, -0.2) is 41.0 Å². The molecule has 0 bridgehead atoms. The molecule has 1 saturated heterocycles. The van der Waals surface area contributed by atoms with Crippen LogP contribution in [0.25, 0.3) is 0 Å². The van der Waals surface area contributed by atoms with E-state index < -0.39 is 0 Å². The Morgan fingerprint density at radius 2 is 2.07 bits per heavy atom. The van der Waals surface area contributed by atoms with Crippen molar-refractivity contribution in [3.63, 3.8) is 0 Å². The minimum Gasteiger partial charge on any atom is -0.348 e. The second-order valence-electron chi connectivity index (χ2n) is 6.67. The second-order valence-corrected chi connectivity index (χ2v) is 7.61. The van der Waals surface area contributed by atoms with Crippen LogP contribution < -0.4 is 11.1 Å². The maximum absolute atomic E-state index is 12.4. The van der Waals surface area contributed by atoms with Gasteiger partial charge in [0.25, 0.3) is 5.91 Å². The molecule has 1 fully saturated rings. The van der Waals surface area contributed by atoms with Crippen molar-refractivity contribution >= 4 is 42.1 Å². The van der Waals surface area contributed by atoms with Crippen LogP contribution in [0.4, 0.5) is 0 Å². The lowest BCUT2D eigenvalue weighted by Crippen LogP contribution is -2.48. The number of carbonyl (C=O) groups is 1. The summed E-state index contributed by atoms with van der Waals surface area (Å²) in [7, 11) is 0. The van der Waals surface area contributed by atoms with Gasteiger partial charge >= 0.3 is 0 Å². The molecule has 0 aliphatic carbocycles. The molecule has 0 spiro atoms. The molecule has 27 heavy (non-hydrogen) atoms. The van der Waals surface area contributed by atoms with E-state index in [9.17, 15) is 4.79 Å². The molecule has 1 aliphatic heterocycles.